The first-order valence-electron chi connectivity index (χ1n) is 9.93. The van der Waals surface area contributed by atoms with Crippen molar-refractivity contribution in [3.05, 3.63) is 0 Å². The van der Waals surface area contributed by atoms with Crippen LogP contribution in [0.5, 0.6) is 0 Å². The van der Waals surface area contributed by atoms with Crippen LogP contribution in [-0.4, -0.2) is 65.7 Å². The molecule has 2 N–H and O–H groups in total. The topological polar surface area (TPSA) is 64.1 Å². The van der Waals surface area contributed by atoms with Gasteiger partial charge in [-0.1, -0.05) is 19.8 Å². The first-order valence-corrected chi connectivity index (χ1v) is 9.93. The molecule has 6 nitrogen and oxygen atoms in total. The Hall–Kier alpha value is -0.120. The lowest BCUT2D eigenvalue weighted by Crippen LogP contribution is -2.41. The van der Waals surface area contributed by atoms with Crippen LogP contribution in [0.25, 0.3) is 0 Å². The standard InChI is InChI=1S/C19H39N3O3.HI/c1-4-6-12-24-15-16-25-14-11-21-18(20-5-2)22-17-19(8-7-9-19)10-13-23-3;/h4-17H2,1-3H3,(H2,20,21,22);1H. The van der Waals surface area contributed by atoms with E-state index in [1.165, 1.54) is 25.7 Å². The molecule has 0 bridgehead atoms. The number of unbranched alkanes of at least 4 members (excludes halogenated alkanes) is 1. The molecule has 0 unspecified atom stereocenters. The summed E-state index contributed by atoms with van der Waals surface area (Å²) in [5, 5.41) is 6.66. The van der Waals surface area contributed by atoms with Gasteiger partial charge in [-0.15, -0.1) is 24.0 Å². The number of aliphatic imine (C=N–C) groups is 1. The van der Waals surface area contributed by atoms with E-state index >= 15 is 0 Å². The summed E-state index contributed by atoms with van der Waals surface area (Å²) in [6, 6.07) is 0. The zero-order chi connectivity index (χ0) is 18.2. The predicted molar refractivity (Wildman–Crippen MR) is 119 cm³/mol. The molecule has 0 aliphatic heterocycles. The molecule has 1 aliphatic carbocycles. The fraction of sp³-hybridized carbons (Fsp3) is 0.947. The van der Waals surface area contributed by atoms with E-state index in [9.17, 15) is 0 Å². The summed E-state index contributed by atoms with van der Waals surface area (Å²) in [5.41, 5.74) is 0.352. The summed E-state index contributed by atoms with van der Waals surface area (Å²) < 4.78 is 16.3. The Balaban J connectivity index is 0.00000625. The van der Waals surface area contributed by atoms with Gasteiger partial charge in [0.1, 0.15) is 0 Å². The van der Waals surface area contributed by atoms with E-state index < -0.39 is 0 Å². The average Bonchev–Trinajstić information content (AvgIpc) is 2.59. The van der Waals surface area contributed by atoms with Crippen molar-refractivity contribution in [3.63, 3.8) is 0 Å². The van der Waals surface area contributed by atoms with Crippen LogP contribution in [0, 0.1) is 5.41 Å². The van der Waals surface area contributed by atoms with Gasteiger partial charge in [-0.05, 0) is 38.0 Å². The zero-order valence-electron chi connectivity index (χ0n) is 17.0. The van der Waals surface area contributed by atoms with Crippen molar-refractivity contribution in [2.45, 2.75) is 52.4 Å². The first kappa shape index (κ1) is 25.9. The number of halogens is 1. The fourth-order valence-electron chi connectivity index (χ4n) is 2.88. The van der Waals surface area contributed by atoms with E-state index in [0.29, 0.717) is 25.2 Å². The molecular formula is C19H40IN3O3. The second kappa shape index (κ2) is 17.0. The minimum Gasteiger partial charge on any atom is -0.385 e. The minimum absolute atomic E-state index is 0. The molecule has 0 saturated heterocycles. The lowest BCUT2D eigenvalue weighted by Gasteiger charge is -2.40. The summed E-state index contributed by atoms with van der Waals surface area (Å²) >= 11 is 0. The molecule has 1 fully saturated rings. The van der Waals surface area contributed by atoms with Crippen molar-refractivity contribution in [3.8, 4) is 0 Å². The number of hydrogen-bond acceptors (Lipinski definition) is 4. The van der Waals surface area contributed by atoms with Crippen LogP contribution in [0.1, 0.15) is 52.4 Å². The van der Waals surface area contributed by atoms with Gasteiger partial charge in [0.15, 0.2) is 5.96 Å². The van der Waals surface area contributed by atoms with Gasteiger partial charge in [0.25, 0.3) is 0 Å². The van der Waals surface area contributed by atoms with Gasteiger partial charge in [0.2, 0.25) is 0 Å². The van der Waals surface area contributed by atoms with Crippen molar-refractivity contribution >= 4 is 29.9 Å². The van der Waals surface area contributed by atoms with Gasteiger partial charge >= 0.3 is 0 Å². The smallest absolute Gasteiger partial charge is 0.191 e. The molecule has 0 heterocycles. The Morgan fingerprint density at radius 1 is 1.00 bits per heavy atom. The molecule has 0 spiro atoms. The van der Waals surface area contributed by atoms with E-state index in [0.717, 1.165) is 51.6 Å². The molecule has 0 aromatic rings. The number of methoxy groups -OCH3 is 1. The highest BCUT2D eigenvalue weighted by Crippen LogP contribution is 2.44. The maximum absolute atomic E-state index is 5.59. The third kappa shape index (κ3) is 11.6. The van der Waals surface area contributed by atoms with Gasteiger partial charge in [-0.25, -0.2) is 0 Å². The molecule has 0 aromatic heterocycles. The number of nitrogens with zero attached hydrogens (tertiary/aromatic N) is 1. The summed E-state index contributed by atoms with van der Waals surface area (Å²) in [7, 11) is 1.77. The normalized spacial score (nSPS) is 15.9. The van der Waals surface area contributed by atoms with E-state index in [2.05, 4.69) is 24.5 Å². The van der Waals surface area contributed by atoms with Crippen LogP contribution < -0.4 is 10.6 Å². The highest BCUT2D eigenvalue weighted by Gasteiger charge is 2.36. The van der Waals surface area contributed by atoms with Crippen LogP contribution in [0.4, 0.5) is 0 Å². The summed E-state index contributed by atoms with van der Waals surface area (Å²) in [5.74, 6) is 0.883. The van der Waals surface area contributed by atoms with Gasteiger partial charge in [-0.2, -0.15) is 0 Å². The van der Waals surface area contributed by atoms with Crippen molar-refractivity contribution in [1.82, 2.24) is 10.6 Å². The Bertz CT molecular complexity index is 353. The maximum atomic E-state index is 5.59. The molecule has 156 valence electrons. The Morgan fingerprint density at radius 3 is 2.31 bits per heavy atom. The molecular weight excluding hydrogens is 445 g/mol. The van der Waals surface area contributed by atoms with Crippen LogP contribution in [0.2, 0.25) is 0 Å². The van der Waals surface area contributed by atoms with Gasteiger partial charge < -0.3 is 24.8 Å². The molecule has 1 aliphatic rings. The van der Waals surface area contributed by atoms with Gasteiger partial charge in [0.05, 0.1) is 19.8 Å². The van der Waals surface area contributed by atoms with E-state index in [1.807, 2.05) is 0 Å². The van der Waals surface area contributed by atoms with Crippen LogP contribution in [0.3, 0.4) is 0 Å². The van der Waals surface area contributed by atoms with Crippen LogP contribution in [0.15, 0.2) is 4.99 Å². The Morgan fingerprint density at radius 2 is 1.73 bits per heavy atom. The number of hydrogen-bond donors (Lipinski definition) is 2. The molecule has 1 saturated carbocycles. The lowest BCUT2D eigenvalue weighted by molar-refractivity contribution is 0.0487. The third-order valence-electron chi connectivity index (χ3n) is 4.72. The maximum Gasteiger partial charge on any atom is 0.191 e. The minimum atomic E-state index is 0. The molecule has 0 aromatic carbocycles. The lowest BCUT2D eigenvalue weighted by atomic mass is 9.67. The van der Waals surface area contributed by atoms with Crippen molar-refractivity contribution < 1.29 is 14.2 Å². The summed E-state index contributed by atoms with van der Waals surface area (Å²) in [6.07, 6.45) is 7.24. The molecule has 7 heteroatoms. The van der Waals surface area contributed by atoms with Crippen molar-refractivity contribution in [2.75, 3.05) is 59.8 Å². The van der Waals surface area contributed by atoms with Gasteiger partial charge in [0, 0.05) is 40.0 Å². The molecule has 1 rings (SSSR count). The average molecular weight is 485 g/mol. The van der Waals surface area contributed by atoms with E-state index in [-0.39, 0.29) is 24.0 Å². The quantitative estimate of drug-likeness (QED) is 0.162. The SMILES string of the molecule is CCCCOCCOCCNC(=NCC1(CCOC)CCC1)NCC.I. The van der Waals surface area contributed by atoms with E-state index in [1.54, 1.807) is 7.11 Å². The number of guanidine groups is 1. The monoisotopic (exact) mass is 485 g/mol. The summed E-state index contributed by atoms with van der Waals surface area (Å²) in [4.78, 5) is 4.79. The zero-order valence-corrected chi connectivity index (χ0v) is 19.3. The second-order valence-corrected chi connectivity index (χ2v) is 6.80. The number of nitrogens with one attached hydrogen (secondary N) is 2. The highest BCUT2D eigenvalue weighted by molar-refractivity contribution is 14.0. The van der Waals surface area contributed by atoms with Crippen molar-refractivity contribution in [2.24, 2.45) is 10.4 Å². The van der Waals surface area contributed by atoms with Crippen LogP contribution >= 0.6 is 24.0 Å². The molecule has 0 radical (unpaired) electrons. The number of rotatable bonds is 15. The molecule has 0 amide bonds. The van der Waals surface area contributed by atoms with Gasteiger partial charge in [-0.3, -0.25) is 4.99 Å². The van der Waals surface area contributed by atoms with Crippen LogP contribution in [-0.2, 0) is 14.2 Å². The Kier molecular flexibility index (Phi) is 16.9. The second-order valence-electron chi connectivity index (χ2n) is 6.80. The fourth-order valence-corrected chi connectivity index (χ4v) is 2.88. The largest absolute Gasteiger partial charge is 0.385 e. The van der Waals surface area contributed by atoms with Crippen molar-refractivity contribution in [1.29, 1.82) is 0 Å². The Labute approximate surface area is 177 Å². The highest BCUT2D eigenvalue weighted by atomic mass is 127. The molecule has 0 atom stereocenters. The van der Waals surface area contributed by atoms with E-state index in [4.69, 9.17) is 19.2 Å². The molecule has 26 heavy (non-hydrogen) atoms. The predicted octanol–water partition coefficient (Wildman–Crippen LogP) is 3.20. The summed E-state index contributed by atoms with van der Waals surface area (Å²) in [6.45, 7) is 10.4. The third-order valence-corrected chi connectivity index (χ3v) is 4.72. The first-order chi connectivity index (χ1) is 12.3. The number of ether oxygens (including phenoxy) is 3.